The molecule has 1 saturated heterocycles. The van der Waals surface area contributed by atoms with Crippen molar-refractivity contribution in [3.05, 3.63) is 0 Å². The largest absolute Gasteiger partial charge is 0.317 e. The van der Waals surface area contributed by atoms with Crippen molar-refractivity contribution in [3.8, 4) is 0 Å². The summed E-state index contributed by atoms with van der Waals surface area (Å²) in [5, 5.41) is 3.58. The summed E-state index contributed by atoms with van der Waals surface area (Å²) in [6.07, 6.45) is 11.4. The standard InChI is InChI=1S/C18H36N2/c1-4-6-16-7-5-11-20(12-10-16)14-17-13-15(2)8-9-18(17)19-3/h15-19H,4-14H2,1-3H3. The zero-order valence-corrected chi connectivity index (χ0v) is 14.0. The molecule has 1 heterocycles. The first-order valence-electron chi connectivity index (χ1n) is 9.12. The van der Waals surface area contributed by atoms with Gasteiger partial charge in [0.15, 0.2) is 0 Å². The van der Waals surface area contributed by atoms with Crippen LogP contribution in [-0.2, 0) is 0 Å². The predicted molar refractivity (Wildman–Crippen MR) is 88.0 cm³/mol. The second kappa shape index (κ2) is 8.38. The van der Waals surface area contributed by atoms with Gasteiger partial charge < -0.3 is 10.2 Å². The van der Waals surface area contributed by atoms with Crippen molar-refractivity contribution in [1.29, 1.82) is 0 Å². The van der Waals surface area contributed by atoms with Crippen LogP contribution in [0.25, 0.3) is 0 Å². The summed E-state index contributed by atoms with van der Waals surface area (Å²) in [6.45, 7) is 8.82. The lowest BCUT2D eigenvalue weighted by atomic mass is 9.78. The molecule has 0 aromatic rings. The Morgan fingerprint density at radius 2 is 1.95 bits per heavy atom. The van der Waals surface area contributed by atoms with Crippen LogP contribution in [0.2, 0.25) is 0 Å². The molecule has 1 aliphatic carbocycles. The van der Waals surface area contributed by atoms with Crippen LogP contribution < -0.4 is 5.32 Å². The van der Waals surface area contributed by atoms with E-state index >= 15 is 0 Å². The van der Waals surface area contributed by atoms with E-state index in [1.807, 2.05) is 0 Å². The number of hydrogen-bond acceptors (Lipinski definition) is 2. The number of nitrogens with one attached hydrogen (secondary N) is 1. The Bertz CT molecular complexity index is 266. The summed E-state index contributed by atoms with van der Waals surface area (Å²) in [7, 11) is 2.16. The predicted octanol–water partition coefficient (Wildman–Crippen LogP) is 3.91. The molecule has 2 rings (SSSR count). The maximum Gasteiger partial charge on any atom is 0.0105 e. The van der Waals surface area contributed by atoms with Crippen molar-refractivity contribution < 1.29 is 0 Å². The summed E-state index contributed by atoms with van der Waals surface area (Å²) < 4.78 is 0. The molecule has 0 spiro atoms. The van der Waals surface area contributed by atoms with Crippen LogP contribution in [0.15, 0.2) is 0 Å². The highest BCUT2D eigenvalue weighted by atomic mass is 15.1. The highest BCUT2D eigenvalue weighted by Crippen LogP contribution is 2.30. The molecule has 2 nitrogen and oxygen atoms in total. The molecule has 2 aliphatic rings. The third kappa shape index (κ3) is 4.73. The molecule has 118 valence electrons. The lowest BCUT2D eigenvalue weighted by Gasteiger charge is -2.37. The number of hydrogen-bond donors (Lipinski definition) is 1. The first kappa shape index (κ1) is 16.3. The third-order valence-corrected chi connectivity index (χ3v) is 5.75. The summed E-state index contributed by atoms with van der Waals surface area (Å²) in [6, 6.07) is 0.765. The van der Waals surface area contributed by atoms with E-state index in [4.69, 9.17) is 0 Å². The van der Waals surface area contributed by atoms with Crippen LogP contribution >= 0.6 is 0 Å². The summed E-state index contributed by atoms with van der Waals surface area (Å²) in [5.74, 6) is 2.83. The highest BCUT2D eigenvalue weighted by molar-refractivity contribution is 4.85. The van der Waals surface area contributed by atoms with Crippen molar-refractivity contribution in [2.45, 2.75) is 71.3 Å². The molecule has 4 unspecified atom stereocenters. The molecule has 2 fully saturated rings. The minimum Gasteiger partial charge on any atom is -0.317 e. The molecule has 1 saturated carbocycles. The maximum atomic E-state index is 3.58. The van der Waals surface area contributed by atoms with Crippen LogP contribution in [-0.4, -0.2) is 37.6 Å². The van der Waals surface area contributed by atoms with Crippen molar-refractivity contribution >= 4 is 0 Å². The molecule has 0 radical (unpaired) electrons. The smallest absolute Gasteiger partial charge is 0.0105 e. The minimum atomic E-state index is 0.765. The Morgan fingerprint density at radius 3 is 2.70 bits per heavy atom. The average molecular weight is 281 g/mol. The van der Waals surface area contributed by atoms with Crippen molar-refractivity contribution in [2.75, 3.05) is 26.7 Å². The van der Waals surface area contributed by atoms with Gasteiger partial charge in [0, 0.05) is 12.6 Å². The van der Waals surface area contributed by atoms with Gasteiger partial charge in [-0.2, -0.15) is 0 Å². The maximum absolute atomic E-state index is 3.58. The fraction of sp³-hybridized carbons (Fsp3) is 1.00. The van der Waals surface area contributed by atoms with Crippen molar-refractivity contribution in [2.24, 2.45) is 17.8 Å². The van der Waals surface area contributed by atoms with Gasteiger partial charge in [-0.05, 0) is 76.4 Å². The zero-order valence-electron chi connectivity index (χ0n) is 14.0. The lowest BCUT2D eigenvalue weighted by molar-refractivity contribution is 0.150. The topological polar surface area (TPSA) is 15.3 Å². The average Bonchev–Trinajstić information content (AvgIpc) is 2.65. The molecule has 1 N–H and O–H groups in total. The van der Waals surface area contributed by atoms with E-state index < -0.39 is 0 Å². The van der Waals surface area contributed by atoms with Gasteiger partial charge in [-0.1, -0.05) is 26.7 Å². The molecular formula is C18H36N2. The van der Waals surface area contributed by atoms with Crippen LogP contribution in [0.1, 0.15) is 65.2 Å². The van der Waals surface area contributed by atoms with Gasteiger partial charge in [-0.15, -0.1) is 0 Å². The first-order valence-corrected chi connectivity index (χ1v) is 9.12. The Hall–Kier alpha value is -0.0800. The van der Waals surface area contributed by atoms with Gasteiger partial charge in [0.25, 0.3) is 0 Å². The van der Waals surface area contributed by atoms with Gasteiger partial charge in [-0.3, -0.25) is 0 Å². The molecule has 2 heteroatoms. The van der Waals surface area contributed by atoms with Gasteiger partial charge in [0.05, 0.1) is 0 Å². The molecule has 1 aliphatic heterocycles. The summed E-state index contributed by atoms with van der Waals surface area (Å²) in [4.78, 5) is 2.78. The van der Waals surface area contributed by atoms with Crippen molar-refractivity contribution in [1.82, 2.24) is 10.2 Å². The highest BCUT2D eigenvalue weighted by Gasteiger charge is 2.29. The van der Waals surface area contributed by atoms with E-state index in [2.05, 4.69) is 31.1 Å². The van der Waals surface area contributed by atoms with Crippen LogP contribution in [0.3, 0.4) is 0 Å². The third-order valence-electron chi connectivity index (χ3n) is 5.75. The van der Waals surface area contributed by atoms with Gasteiger partial charge in [0.1, 0.15) is 0 Å². The summed E-state index contributed by atoms with van der Waals surface area (Å²) in [5.41, 5.74) is 0. The normalized spacial score (nSPS) is 36.8. The zero-order chi connectivity index (χ0) is 14.4. The lowest BCUT2D eigenvalue weighted by Crippen LogP contribution is -2.44. The minimum absolute atomic E-state index is 0.765. The van der Waals surface area contributed by atoms with Crippen LogP contribution in [0, 0.1) is 17.8 Å². The Kier molecular flexibility index (Phi) is 6.83. The quantitative estimate of drug-likeness (QED) is 0.821. The van der Waals surface area contributed by atoms with E-state index in [9.17, 15) is 0 Å². The van der Waals surface area contributed by atoms with Crippen LogP contribution in [0.5, 0.6) is 0 Å². The molecule has 0 aromatic heterocycles. The van der Waals surface area contributed by atoms with Crippen molar-refractivity contribution in [3.63, 3.8) is 0 Å². The summed E-state index contributed by atoms with van der Waals surface area (Å²) >= 11 is 0. The number of rotatable bonds is 5. The van der Waals surface area contributed by atoms with Gasteiger partial charge >= 0.3 is 0 Å². The second-order valence-electron chi connectivity index (χ2n) is 7.46. The molecule has 0 bridgehead atoms. The van der Waals surface area contributed by atoms with E-state index in [0.717, 1.165) is 23.8 Å². The van der Waals surface area contributed by atoms with E-state index in [1.54, 1.807) is 0 Å². The Morgan fingerprint density at radius 1 is 1.10 bits per heavy atom. The monoisotopic (exact) mass is 280 g/mol. The van der Waals surface area contributed by atoms with E-state index in [-0.39, 0.29) is 0 Å². The van der Waals surface area contributed by atoms with Crippen LogP contribution in [0.4, 0.5) is 0 Å². The Labute approximate surface area is 126 Å². The molecule has 20 heavy (non-hydrogen) atoms. The number of nitrogens with zero attached hydrogens (tertiary/aromatic N) is 1. The fourth-order valence-corrected chi connectivity index (χ4v) is 4.52. The molecule has 4 atom stereocenters. The molecule has 0 amide bonds. The number of likely N-dealkylation sites (tertiary alicyclic amines) is 1. The first-order chi connectivity index (χ1) is 9.72. The van der Waals surface area contributed by atoms with Gasteiger partial charge in [0.2, 0.25) is 0 Å². The Balaban J connectivity index is 1.82. The fourth-order valence-electron chi connectivity index (χ4n) is 4.52. The second-order valence-corrected chi connectivity index (χ2v) is 7.46. The van der Waals surface area contributed by atoms with Gasteiger partial charge in [-0.25, -0.2) is 0 Å². The SMILES string of the molecule is CCCC1CCCN(CC2CC(C)CCC2NC)CC1. The van der Waals surface area contributed by atoms with E-state index in [1.165, 1.54) is 71.0 Å². The molecule has 0 aromatic carbocycles. The molecular weight excluding hydrogens is 244 g/mol. The van der Waals surface area contributed by atoms with E-state index in [0.29, 0.717) is 0 Å².